The number of nitrogens with zero attached hydrogens (tertiary/aromatic N) is 3. The minimum atomic E-state index is 0.221. The molecule has 0 atom stereocenters. The third-order valence-electron chi connectivity index (χ3n) is 4.93. The first-order valence-corrected chi connectivity index (χ1v) is 9.51. The van der Waals surface area contributed by atoms with Gasteiger partial charge >= 0.3 is 0 Å². The monoisotopic (exact) mass is 322 g/mol. The second kappa shape index (κ2) is 7.49. The van der Waals surface area contributed by atoms with Gasteiger partial charge in [-0.05, 0) is 24.7 Å². The van der Waals surface area contributed by atoms with Crippen molar-refractivity contribution < 1.29 is 4.79 Å². The largest absolute Gasteiger partial charge is 0.342 e. The van der Waals surface area contributed by atoms with Gasteiger partial charge in [-0.2, -0.15) is 0 Å². The van der Waals surface area contributed by atoms with E-state index in [2.05, 4.69) is 22.1 Å². The van der Waals surface area contributed by atoms with Gasteiger partial charge in [0.1, 0.15) is 5.82 Å². The molecule has 0 aromatic carbocycles. The third kappa shape index (κ3) is 4.24. The number of aromatic nitrogens is 3. The fourth-order valence-corrected chi connectivity index (χ4v) is 4.12. The Balaban J connectivity index is 1.43. The smallest absolute Gasteiger partial charge is 0.233 e. The summed E-state index contributed by atoms with van der Waals surface area (Å²) < 4.78 is 0. The fraction of sp³-hybridized carbons (Fsp3) is 0.812. The summed E-state index contributed by atoms with van der Waals surface area (Å²) >= 11 is 1.46. The molecular formula is C16H26N4OS. The Morgan fingerprint density at radius 1 is 1.27 bits per heavy atom. The molecule has 1 aliphatic heterocycles. The molecule has 3 rings (SSSR count). The van der Waals surface area contributed by atoms with Crippen LogP contribution in [0, 0.1) is 11.8 Å². The summed E-state index contributed by atoms with van der Waals surface area (Å²) in [5, 5.41) is 7.99. The van der Waals surface area contributed by atoms with Gasteiger partial charge in [0.2, 0.25) is 11.1 Å². The Labute approximate surface area is 136 Å². The molecule has 0 unspecified atom stereocenters. The van der Waals surface area contributed by atoms with Crippen molar-refractivity contribution in [2.45, 2.75) is 57.0 Å². The summed E-state index contributed by atoms with van der Waals surface area (Å²) in [6.45, 7) is 4.07. The lowest BCUT2D eigenvalue weighted by molar-refractivity contribution is -0.129. The normalized spacial score (nSPS) is 20.7. The number of amides is 1. The molecular weight excluding hydrogens is 296 g/mol. The zero-order valence-electron chi connectivity index (χ0n) is 13.4. The second-order valence-electron chi connectivity index (χ2n) is 6.77. The highest BCUT2D eigenvalue weighted by Gasteiger charge is 2.21. The van der Waals surface area contributed by atoms with E-state index in [4.69, 9.17) is 0 Å². The van der Waals surface area contributed by atoms with Crippen molar-refractivity contribution >= 4 is 17.7 Å². The molecule has 5 nitrogen and oxygen atoms in total. The van der Waals surface area contributed by atoms with E-state index in [1.54, 1.807) is 0 Å². The van der Waals surface area contributed by atoms with Gasteiger partial charge in [-0.1, -0.05) is 44.4 Å². The van der Waals surface area contributed by atoms with E-state index in [-0.39, 0.29) is 5.91 Å². The van der Waals surface area contributed by atoms with E-state index in [9.17, 15) is 4.79 Å². The minimum Gasteiger partial charge on any atom is -0.342 e. The van der Waals surface area contributed by atoms with Crippen LogP contribution in [-0.4, -0.2) is 44.8 Å². The maximum atomic E-state index is 12.2. The summed E-state index contributed by atoms with van der Waals surface area (Å²) in [7, 11) is 0. The molecule has 2 fully saturated rings. The minimum absolute atomic E-state index is 0.221. The third-order valence-corrected chi connectivity index (χ3v) is 5.76. The summed E-state index contributed by atoms with van der Waals surface area (Å²) in [6, 6.07) is 0. The van der Waals surface area contributed by atoms with Gasteiger partial charge in [0.25, 0.3) is 0 Å². The zero-order chi connectivity index (χ0) is 15.4. The predicted molar refractivity (Wildman–Crippen MR) is 87.7 cm³/mol. The fourth-order valence-electron chi connectivity index (χ4n) is 3.40. The van der Waals surface area contributed by atoms with E-state index in [1.165, 1.54) is 37.4 Å². The highest BCUT2D eigenvalue weighted by molar-refractivity contribution is 7.99. The van der Waals surface area contributed by atoms with Gasteiger partial charge in [-0.25, -0.2) is 4.98 Å². The number of rotatable bonds is 5. The Bertz CT molecular complexity index is 490. The predicted octanol–water partition coefficient (Wildman–Crippen LogP) is 2.89. The first-order valence-electron chi connectivity index (χ1n) is 8.52. The molecule has 122 valence electrons. The van der Waals surface area contributed by atoms with E-state index in [0.29, 0.717) is 10.9 Å². The van der Waals surface area contributed by atoms with Gasteiger partial charge in [0.05, 0.1) is 5.75 Å². The Morgan fingerprint density at radius 2 is 2.00 bits per heavy atom. The number of aromatic amines is 1. The molecule has 1 aromatic heterocycles. The van der Waals surface area contributed by atoms with E-state index >= 15 is 0 Å². The molecule has 1 saturated carbocycles. The number of carbonyl (C=O) groups excluding carboxylic acids is 1. The van der Waals surface area contributed by atoms with E-state index in [1.807, 2.05) is 4.90 Å². The van der Waals surface area contributed by atoms with Crippen molar-refractivity contribution in [1.82, 2.24) is 20.1 Å². The number of hydrogen-bond acceptors (Lipinski definition) is 4. The summed E-state index contributed by atoms with van der Waals surface area (Å²) in [4.78, 5) is 18.7. The molecule has 22 heavy (non-hydrogen) atoms. The highest BCUT2D eigenvalue weighted by atomic mass is 32.2. The topological polar surface area (TPSA) is 61.9 Å². The summed E-state index contributed by atoms with van der Waals surface area (Å²) in [6.07, 6.45) is 8.59. The second-order valence-corrected chi connectivity index (χ2v) is 7.71. The number of H-pyrrole nitrogens is 1. The van der Waals surface area contributed by atoms with Gasteiger partial charge in [-0.15, -0.1) is 5.10 Å². The van der Waals surface area contributed by atoms with Crippen molar-refractivity contribution in [3.8, 4) is 0 Å². The first-order chi connectivity index (χ1) is 10.7. The molecule has 1 saturated heterocycles. The van der Waals surface area contributed by atoms with Crippen LogP contribution in [0.1, 0.15) is 51.3 Å². The van der Waals surface area contributed by atoms with Gasteiger partial charge in [0.15, 0.2) is 0 Å². The van der Waals surface area contributed by atoms with Crippen molar-refractivity contribution in [2.75, 3.05) is 18.8 Å². The van der Waals surface area contributed by atoms with Crippen LogP contribution in [-0.2, 0) is 11.2 Å². The molecule has 0 bridgehead atoms. The lowest BCUT2D eigenvalue weighted by Gasteiger charge is -2.30. The van der Waals surface area contributed by atoms with Gasteiger partial charge in [-0.3, -0.25) is 9.89 Å². The van der Waals surface area contributed by atoms with Crippen LogP contribution in [0.25, 0.3) is 0 Å². The maximum absolute atomic E-state index is 12.2. The van der Waals surface area contributed by atoms with Crippen molar-refractivity contribution in [1.29, 1.82) is 0 Å². The van der Waals surface area contributed by atoms with Crippen molar-refractivity contribution in [3.63, 3.8) is 0 Å². The van der Waals surface area contributed by atoms with Crippen LogP contribution >= 0.6 is 11.8 Å². The molecule has 1 amide bonds. The Morgan fingerprint density at radius 3 is 2.73 bits per heavy atom. The van der Waals surface area contributed by atoms with Crippen LogP contribution in [0.2, 0.25) is 0 Å². The number of thioether (sulfide) groups is 1. The lowest BCUT2D eigenvalue weighted by Crippen LogP contribution is -2.38. The molecule has 1 N–H and O–H groups in total. The number of nitrogens with one attached hydrogen (secondary N) is 1. The number of hydrogen-bond donors (Lipinski definition) is 1. The summed E-state index contributed by atoms with van der Waals surface area (Å²) in [5.74, 6) is 3.17. The number of carbonyl (C=O) groups is 1. The quantitative estimate of drug-likeness (QED) is 0.847. The van der Waals surface area contributed by atoms with E-state index < -0.39 is 0 Å². The molecule has 2 aliphatic rings. The molecule has 2 heterocycles. The first kappa shape index (κ1) is 15.8. The van der Waals surface area contributed by atoms with Crippen molar-refractivity contribution in [2.24, 2.45) is 11.8 Å². The van der Waals surface area contributed by atoms with E-state index in [0.717, 1.165) is 50.0 Å². The Hall–Kier alpha value is -1.04. The lowest BCUT2D eigenvalue weighted by atomic mass is 9.99. The van der Waals surface area contributed by atoms with Crippen LogP contribution in [0.5, 0.6) is 0 Å². The Kier molecular flexibility index (Phi) is 5.39. The number of piperidine rings is 1. The van der Waals surface area contributed by atoms with Crippen LogP contribution < -0.4 is 0 Å². The van der Waals surface area contributed by atoms with Gasteiger partial charge in [0, 0.05) is 19.5 Å². The average Bonchev–Trinajstić information content (AvgIpc) is 3.18. The summed E-state index contributed by atoms with van der Waals surface area (Å²) in [5.41, 5.74) is 0. The molecule has 1 aliphatic carbocycles. The zero-order valence-corrected chi connectivity index (χ0v) is 14.2. The molecule has 1 aromatic rings. The standard InChI is InChI=1S/C16H26N4OS/c1-12-6-8-20(9-7-12)15(21)11-22-16-17-14(18-19-16)10-13-4-2-3-5-13/h12-13H,2-11H2,1H3,(H,17,18,19). The average molecular weight is 322 g/mol. The van der Waals surface area contributed by atoms with Crippen LogP contribution in [0.3, 0.4) is 0 Å². The highest BCUT2D eigenvalue weighted by Crippen LogP contribution is 2.27. The van der Waals surface area contributed by atoms with Crippen molar-refractivity contribution in [3.05, 3.63) is 5.82 Å². The molecule has 0 radical (unpaired) electrons. The van der Waals surface area contributed by atoms with Gasteiger partial charge < -0.3 is 4.90 Å². The number of likely N-dealkylation sites (tertiary alicyclic amines) is 1. The maximum Gasteiger partial charge on any atom is 0.233 e. The van der Waals surface area contributed by atoms with Crippen LogP contribution in [0.15, 0.2) is 5.16 Å². The molecule has 0 spiro atoms. The molecule has 6 heteroatoms. The van der Waals surface area contributed by atoms with Crippen LogP contribution in [0.4, 0.5) is 0 Å². The SMILES string of the molecule is CC1CCN(C(=O)CSc2n[nH]c(CC3CCCC3)n2)CC1.